The fraction of sp³-hybridized carbons (Fsp3) is 0.385. The van der Waals surface area contributed by atoms with Crippen molar-refractivity contribution >= 4 is 12.0 Å². The molecule has 0 aromatic heterocycles. The van der Waals surface area contributed by atoms with E-state index >= 15 is 0 Å². The van der Waals surface area contributed by atoms with Crippen LogP contribution in [-0.2, 0) is 11.2 Å². The number of carbonyl (C=O) groups is 2. The summed E-state index contributed by atoms with van der Waals surface area (Å²) in [5.41, 5.74) is 1.13. The first-order valence-corrected chi connectivity index (χ1v) is 5.94. The molecule has 1 aromatic carbocycles. The van der Waals surface area contributed by atoms with E-state index in [1.807, 2.05) is 30.3 Å². The maximum absolute atomic E-state index is 11.4. The van der Waals surface area contributed by atoms with E-state index in [-0.39, 0.29) is 0 Å². The van der Waals surface area contributed by atoms with Crippen molar-refractivity contribution in [2.24, 2.45) is 0 Å². The normalized spacial score (nSPS) is 11.6. The van der Waals surface area contributed by atoms with Gasteiger partial charge in [0.1, 0.15) is 6.04 Å². The van der Waals surface area contributed by atoms with Crippen LogP contribution in [0.3, 0.4) is 0 Å². The van der Waals surface area contributed by atoms with E-state index in [2.05, 4.69) is 10.6 Å². The van der Waals surface area contributed by atoms with Crippen LogP contribution >= 0.6 is 0 Å². The molecule has 0 fully saturated rings. The third-order valence-electron chi connectivity index (χ3n) is 2.55. The Morgan fingerprint density at radius 3 is 2.50 bits per heavy atom. The first-order valence-electron chi connectivity index (χ1n) is 5.94. The number of carboxylic acids is 1. The lowest BCUT2D eigenvalue weighted by Crippen LogP contribution is -2.46. The summed E-state index contributed by atoms with van der Waals surface area (Å²) in [5, 5.41) is 13.8. The largest absolute Gasteiger partial charge is 0.480 e. The average Bonchev–Trinajstić information content (AvgIpc) is 2.37. The van der Waals surface area contributed by atoms with Gasteiger partial charge in [0, 0.05) is 6.54 Å². The first-order chi connectivity index (χ1) is 8.63. The van der Waals surface area contributed by atoms with Crippen molar-refractivity contribution in [2.75, 3.05) is 6.54 Å². The molecule has 1 atom stereocenters. The highest BCUT2D eigenvalue weighted by atomic mass is 16.4. The molecular formula is C13H18N2O3. The fourth-order valence-corrected chi connectivity index (χ4v) is 1.51. The van der Waals surface area contributed by atoms with Crippen molar-refractivity contribution in [3.05, 3.63) is 35.9 Å². The van der Waals surface area contributed by atoms with Gasteiger partial charge in [-0.15, -0.1) is 0 Å². The van der Waals surface area contributed by atoms with Crippen molar-refractivity contribution < 1.29 is 14.7 Å². The molecule has 0 spiro atoms. The number of carboxylic acid groups (broad SMARTS) is 1. The fourth-order valence-electron chi connectivity index (χ4n) is 1.51. The number of aliphatic carboxylic acids is 1. The number of carbonyl (C=O) groups excluding carboxylic acids is 1. The van der Waals surface area contributed by atoms with E-state index in [0.717, 1.165) is 12.0 Å². The highest BCUT2D eigenvalue weighted by Gasteiger charge is 2.16. The van der Waals surface area contributed by atoms with E-state index in [9.17, 15) is 9.59 Å². The zero-order chi connectivity index (χ0) is 13.4. The van der Waals surface area contributed by atoms with E-state index in [4.69, 9.17) is 5.11 Å². The predicted octanol–water partition coefficient (Wildman–Crippen LogP) is 1.39. The van der Waals surface area contributed by atoms with Gasteiger partial charge in [0.25, 0.3) is 0 Å². The van der Waals surface area contributed by atoms with E-state index in [0.29, 0.717) is 13.0 Å². The SMILES string of the molecule is CCC(NC(=O)NCCc1ccccc1)C(=O)O. The number of hydrogen-bond donors (Lipinski definition) is 3. The third-order valence-corrected chi connectivity index (χ3v) is 2.55. The van der Waals surface area contributed by atoms with Gasteiger partial charge in [0.15, 0.2) is 0 Å². The molecule has 1 rings (SSSR count). The Kier molecular flexibility index (Phi) is 5.70. The highest BCUT2D eigenvalue weighted by Crippen LogP contribution is 1.98. The Bertz CT molecular complexity index is 392. The molecule has 18 heavy (non-hydrogen) atoms. The van der Waals surface area contributed by atoms with Crippen LogP contribution in [0.25, 0.3) is 0 Å². The molecule has 1 unspecified atom stereocenters. The Hall–Kier alpha value is -2.04. The molecule has 5 nitrogen and oxygen atoms in total. The zero-order valence-electron chi connectivity index (χ0n) is 10.3. The van der Waals surface area contributed by atoms with Crippen LogP contribution in [0.15, 0.2) is 30.3 Å². The topological polar surface area (TPSA) is 78.4 Å². The van der Waals surface area contributed by atoms with Gasteiger partial charge in [-0.2, -0.15) is 0 Å². The van der Waals surface area contributed by atoms with Crippen LogP contribution in [0.4, 0.5) is 4.79 Å². The summed E-state index contributed by atoms with van der Waals surface area (Å²) in [6.07, 6.45) is 1.08. The van der Waals surface area contributed by atoms with Gasteiger partial charge in [0.05, 0.1) is 0 Å². The monoisotopic (exact) mass is 250 g/mol. The molecule has 0 bridgehead atoms. The summed E-state index contributed by atoms with van der Waals surface area (Å²) in [5.74, 6) is -1.02. The molecule has 2 amide bonds. The Morgan fingerprint density at radius 2 is 1.94 bits per heavy atom. The number of benzene rings is 1. The summed E-state index contributed by atoms with van der Waals surface area (Å²) in [7, 11) is 0. The minimum atomic E-state index is -1.02. The maximum atomic E-state index is 11.4. The van der Waals surface area contributed by atoms with Crippen molar-refractivity contribution in [1.29, 1.82) is 0 Å². The van der Waals surface area contributed by atoms with Crippen molar-refractivity contribution in [3.8, 4) is 0 Å². The van der Waals surface area contributed by atoms with E-state index in [1.54, 1.807) is 6.92 Å². The number of amides is 2. The summed E-state index contributed by atoms with van der Waals surface area (Å²) >= 11 is 0. The average molecular weight is 250 g/mol. The van der Waals surface area contributed by atoms with Crippen LogP contribution in [0, 0.1) is 0 Å². The molecule has 0 radical (unpaired) electrons. The number of urea groups is 1. The van der Waals surface area contributed by atoms with E-state index in [1.165, 1.54) is 0 Å². The highest BCUT2D eigenvalue weighted by molar-refractivity contribution is 5.82. The van der Waals surface area contributed by atoms with Crippen LogP contribution in [-0.4, -0.2) is 29.7 Å². The van der Waals surface area contributed by atoms with E-state index < -0.39 is 18.0 Å². The lowest BCUT2D eigenvalue weighted by Gasteiger charge is -2.13. The van der Waals surface area contributed by atoms with Gasteiger partial charge < -0.3 is 15.7 Å². The lowest BCUT2D eigenvalue weighted by atomic mass is 10.1. The second-order valence-corrected chi connectivity index (χ2v) is 3.93. The molecule has 0 aliphatic rings. The molecule has 0 heterocycles. The van der Waals surface area contributed by atoms with Crippen molar-refractivity contribution in [2.45, 2.75) is 25.8 Å². The summed E-state index contributed by atoms with van der Waals surface area (Å²) < 4.78 is 0. The minimum absolute atomic E-state index is 0.363. The number of nitrogens with one attached hydrogen (secondary N) is 2. The second-order valence-electron chi connectivity index (χ2n) is 3.93. The van der Waals surface area contributed by atoms with Gasteiger partial charge in [-0.25, -0.2) is 9.59 Å². The van der Waals surface area contributed by atoms with Gasteiger partial charge in [-0.1, -0.05) is 37.3 Å². The lowest BCUT2D eigenvalue weighted by molar-refractivity contribution is -0.139. The quantitative estimate of drug-likeness (QED) is 0.714. The smallest absolute Gasteiger partial charge is 0.326 e. The van der Waals surface area contributed by atoms with Gasteiger partial charge in [-0.05, 0) is 18.4 Å². The Labute approximate surface area is 106 Å². The predicted molar refractivity (Wildman–Crippen MR) is 68.4 cm³/mol. The number of rotatable bonds is 6. The molecule has 98 valence electrons. The summed E-state index contributed by atoms with van der Waals surface area (Å²) in [6, 6.07) is 8.49. The standard InChI is InChI=1S/C13H18N2O3/c1-2-11(12(16)17)15-13(18)14-9-8-10-6-4-3-5-7-10/h3-7,11H,2,8-9H2,1H3,(H,16,17)(H2,14,15,18). The Balaban J connectivity index is 2.27. The summed E-state index contributed by atoms with van der Waals surface area (Å²) in [4.78, 5) is 22.1. The van der Waals surface area contributed by atoms with Crippen LogP contribution in [0.5, 0.6) is 0 Å². The second kappa shape index (κ2) is 7.32. The molecule has 5 heteroatoms. The van der Waals surface area contributed by atoms with Gasteiger partial charge >= 0.3 is 12.0 Å². The third kappa shape index (κ3) is 4.86. The molecule has 0 saturated carbocycles. The minimum Gasteiger partial charge on any atom is -0.480 e. The number of hydrogen-bond acceptors (Lipinski definition) is 2. The molecule has 0 aliphatic carbocycles. The van der Waals surface area contributed by atoms with Crippen molar-refractivity contribution in [1.82, 2.24) is 10.6 Å². The first kappa shape index (κ1) is 14.0. The molecular weight excluding hydrogens is 232 g/mol. The van der Waals surface area contributed by atoms with Gasteiger partial charge in [0.2, 0.25) is 0 Å². The van der Waals surface area contributed by atoms with Crippen molar-refractivity contribution in [3.63, 3.8) is 0 Å². The van der Waals surface area contributed by atoms with Crippen LogP contribution < -0.4 is 10.6 Å². The van der Waals surface area contributed by atoms with Crippen LogP contribution in [0.1, 0.15) is 18.9 Å². The van der Waals surface area contributed by atoms with Gasteiger partial charge in [-0.3, -0.25) is 0 Å². The summed E-state index contributed by atoms with van der Waals surface area (Å²) in [6.45, 7) is 2.19. The zero-order valence-corrected chi connectivity index (χ0v) is 10.3. The molecule has 0 aliphatic heterocycles. The Morgan fingerprint density at radius 1 is 1.28 bits per heavy atom. The molecule has 3 N–H and O–H groups in total. The van der Waals surface area contributed by atoms with Crippen LogP contribution in [0.2, 0.25) is 0 Å². The molecule has 0 saturated heterocycles. The maximum Gasteiger partial charge on any atom is 0.326 e. The molecule has 1 aromatic rings.